The lowest BCUT2D eigenvalue weighted by Gasteiger charge is -2.13. The predicted octanol–water partition coefficient (Wildman–Crippen LogP) is 8.17. The molecule has 0 radical (unpaired) electrons. The van der Waals surface area contributed by atoms with Gasteiger partial charge in [0.1, 0.15) is 5.03 Å². The summed E-state index contributed by atoms with van der Waals surface area (Å²) in [5, 5.41) is 5.42. The Balaban J connectivity index is 2.12. The first-order valence-electron chi connectivity index (χ1n) is 7.59. The number of hydrogen-bond donors (Lipinski definition) is 1. The molecule has 0 aliphatic carbocycles. The van der Waals surface area contributed by atoms with Crippen molar-refractivity contribution in [3.8, 4) is 11.3 Å². The summed E-state index contributed by atoms with van der Waals surface area (Å²) in [5.74, 6) is 0. The van der Waals surface area contributed by atoms with Crippen LogP contribution in [0.5, 0.6) is 0 Å². The summed E-state index contributed by atoms with van der Waals surface area (Å²) in [6.45, 7) is 0. The summed E-state index contributed by atoms with van der Waals surface area (Å²) >= 11 is 12.4. The van der Waals surface area contributed by atoms with Crippen LogP contribution in [0, 0.1) is 0 Å². The number of benzene rings is 2. The van der Waals surface area contributed by atoms with Gasteiger partial charge in [-0.25, -0.2) is 0 Å². The number of aromatic amines is 1. The van der Waals surface area contributed by atoms with Crippen molar-refractivity contribution in [2.24, 2.45) is 0 Å². The Morgan fingerprint density at radius 3 is 2.00 bits per heavy atom. The van der Waals surface area contributed by atoms with Crippen LogP contribution in [0.15, 0.2) is 57.3 Å². The molecule has 3 aromatic rings. The summed E-state index contributed by atoms with van der Waals surface area (Å²) in [4.78, 5) is 0.286. The standard InChI is InChI=1S/C17H8Cl2F6N2S2/c18-10-6-8(16(20,21)22)7-11(19)12(10)13-14(29-17(23,24)25)15(27-26-13)28-9-4-2-1-3-5-9/h1-7H,(H,26,27). The Bertz CT molecular complexity index is 996. The lowest BCUT2D eigenvalue weighted by atomic mass is 10.1. The van der Waals surface area contributed by atoms with Crippen molar-refractivity contribution in [3.05, 3.63) is 58.1 Å². The minimum Gasteiger partial charge on any atom is -0.275 e. The van der Waals surface area contributed by atoms with Crippen LogP contribution in [-0.4, -0.2) is 15.7 Å². The molecule has 1 N–H and O–H groups in total. The summed E-state index contributed by atoms with van der Waals surface area (Å²) in [7, 11) is 0. The maximum Gasteiger partial charge on any atom is 0.446 e. The van der Waals surface area contributed by atoms with E-state index in [4.69, 9.17) is 23.2 Å². The number of aromatic nitrogens is 2. The molecule has 29 heavy (non-hydrogen) atoms. The van der Waals surface area contributed by atoms with Crippen LogP contribution in [0.1, 0.15) is 5.56 Å². The number of H-pyrrole nitrogens is 1. The third-order valence-electron chi connectivity index (χ3n) is 3.49. The van der Waals surface area contributed by atoms with Gasteiger partial charge >= 0.3 is 11.7 Å². The van der Waals surface area contributed by atoms with Crippen LogP contribution in [0.2, 0.25) is 10.0 Å². The zero-order chi connectivity index (χ0) is 21.4. The summed E-state index contributed by atoms with van der Waals surface area (Å²) in [6, 6.07) is 9.73. The Hall–Kier alpha value is -1.49. The molecule has 154 valence electrons. The van der Waals surface area contributed by atoms with Gasteiger partial charge in [0, 0.05) is 10.5 Å². The van der Waals surface area contributed by atoms with Gasteiger partial charge in [0.25, 0.3) is 0 Å². The summed E-state index contributed by atoms with van der Waals surface area (Å²) in [5.41, 5.74) is -6.19. The molecule has 2 nitrogen and oxygen atoms in total. The van der Waals surface area contributed by atoms with E-state index in [0.29, 0.717) is 17.0 Å². The highest BCUT2D eigenvalue weighted by molar-refractivity contribution is 8.02. The molecule has 0 bridgehead atoms. The Labute approximate surface area is 179 Å². The fourth-order valence-corrected chi connectivity index (χ4v) is 4.68. The van der Waals surface area contributed by atoms with Crippen molar-refractivity contribution in [1.82, 2.24) is 10.2 Å². The molecule has 3 rings (SSSR count). The maximum absolute atomic E-state index is 13.2. The first-order valence-corrected chi connectivity index (χ1v) is 9.98. The van der Waals surface area contributed by atoms with E-state index in [1.807, 2.05) is 0 Å². The molecule has 0 saturated heterocycles. The number of nitrogens with one attached hydrogen (secondary N) is 1. The van der Waals surface area contributed by atoms with Crippen LogP contribution < -0.4 is 0 Å². The predicted molar refractivity (Wildman–Crippen MR) is 102 cm³/mol. The van der Waals surface area contributed by atoms with E-state index < -0.39 is 39.1 Å². The zero-order valence-corrected chi connectivity index (χ0v) is 17.0. The number of halogens is 8. The van der Waals surface area contributed by atoms with Gasteiger partial charge in [0.05, 0.1) is 26.2 Å². The largest absolute Gasteiger partial charge is 0.446 e. The Kier molecular flexibility index (Phi) is 6.38. The molecule has 0 spiro atoms. The van der Waals surface area contributed by atoms with Gasteiger partial charge in [-0.3, -0.25) is 5.10 Å². The molecular weight excluding hydrogens is 481 g/mol. The average molecular weight is 489 g/mol. The van der Waals surface area contributed by atoms with Crippen LogP contribution in [0.25, 0.3) is 11.3 Å². The maximum atomic E-state index is 13.2. The van der Waals surface area contributed by atoms with Crippen molar-refractivity contribution in [1.29, 1.82) is 0 Å². The quantitative estimate of drug-likeness (QED) is 0.296. The lowest BCUT2D eigenvalue weighted by molar-refractivity contribution is -0.137. The van der Waals surface area contributed by atoms with Gasteiger partial charge in [0.2, 0.25) is 0 Å². The second-order valence-electron chi connectivity index (χ2n) is 5.51. The molecule has 0 unspecified atom stereocenters. The third-order valence-corrected chi connectivity index (χ3v) is 6.04. The number of nitrogens with zero attached hydrogens (tertiary/aromatic N) is 1. The second kappa shape index (κ2) is 8.33. The first-order chi connectivity index (χ1) is 13.5. The number of hydrogen-bond acceptors (Lipinski definition) is 3. The highest BCUT2D eigenvalue weighted by Gasteiger charge is 2.36. The first kappa shape index (κ1) is 22.2. The topological polar surface area (TPSA) is 28.7 Å². The molecule has 0 saturated carbocycles. The molecule has 2 aromatic carbocycles. The van der Waals surface area contributed by atoms with Gasteiger partial charge in [-0.2, -0.15) is 31.4 Å². The van der Waals surface area contributed by atoms with E-state index in [1.165, 1.54) is 0 Å². The van der Waals surface area contributed by atoms with Crippen molar-refractivity contribution in [3.63, 3.8) is 0 Å². The SMILES string of the molecule is FC(F)(F)Sc1c(Sc2ccccc2)n[nH]c1-c1c(Cl)cc(C(F)(F)F)cc1Cl. The van der Waals surface area contributed by atoms with E-state index in [2.05, 4.69) is 10.2 Å². The van der Waals surface area contributed by atoms with Crippen LogP contribution >= 0.6 is 46.7 Å². The van der Waals surface area contributed by atoms with Crippen molar-refractivity contribution < 1.29 is 26.3 Å². The highest BCUT2D eigenvalue weighted by Crippen LogP contribution is 2.49. The smallest absolute Gasteiger partial charge is 0.275 e. The fraction of sp³-hybridized carbons (Fsp3) is 0.118. The van der Waals surface area contributed by atoms with Crippen LogP contribution in [0.4, 0.5) is 26.3 Å². The second-order valence-corrected chi connectivity index (χ2v) is 8.46. The summed E-state index contributed by atoms with van der Waals surface area (Å²) in [6.07, 6.45) is -4.71. The molecule has 0 amide bonds. The van der Waals surface area contributed by atoms with E-state index in [0.717, 1.165) is 11.8 Å². The van der Waals surface area contributed by atoms with Crippen molar-refractivity contribution in [2.45, 2.75) is 26.5 Å². The minimum atomic E-state index is -4.71. The Morgan fingerprint density at radius 1 is 0.897 bits per heavy atom. The average Bonchev–Trinajstić information content (AvgIpc) is 2.95. The van der Waals surface area contributed by atoms with E-state index in [9.17, 15) is 26.3 Å². The highest BCUT2D eigenvalue weighted by atomic mass is 35.5. The Morgan fingerprint density at radius 2 is 1.48 bits per heavy atom. The van der Waals surface area contributed by atoms with Crippen molar-refractivity contribution in [2.75, 3.05) is 0 Å². The summed E-state index contributed by atoms with van der Waals surface area (Å²) < 4.78 is 78.3. The van der Waals surface area contributed by atoms with Gasteiger partial charge in [0.15, 0.2) is 0 Å². The van der Waals surface area contributed by atoms with Crippen LogP contribution in [-0.2, 0) is 6.18 Å². The lowest BCUT2D eigenvalue weighted by Crippen LogP contribution is -2.05. The molecule has 12 heteroatoms. The monoisotopic (exact) mass is 488 g/mol. The zero-order valence-electron chi connectivity index (χ0n) is 13.8. The third kappa shape index (κ3) is 5.36. The van der Waals surface area contributed by atoms with Crippen molar-refractivity contribution >= 4 is 46.7 Å². The van der Waals surface area contributed by atoms with E-state index >= 15 is 0 Å². The number of rotatable bonds is 4. The minimum absolute atomic E-state index is 0.0134. The molecule has 0 fully saturated rings. The van der Waals surface area contributed by atoms with Gasteiger partial charge in [-0.05, 0) is 36.0 Å². The van der Waals surface area contributed by atoms with E-state index in [-0.39, 0.29) is 21.2 Å². The van der Waals surface area contributed by atoms with Gasteiger partial charge < -0.3 is 0 Å². The molecule has 0 atom stereocenters. The van der Waals surface area contributed by atoms with E-state index in [1.54, 1.807) is 30.3 Å². The van der Waals surface area contributed by atoms with Gasteiger partial charge in [-0.1, -0.05) is 53.2 Å². The molecule has 0 aliphatic heterocycles. The molecule has 1 aromatic heterocycles. The number of thioether (sulfide) groups is 1. The molecule has 1 heterocycles. The van der Waals surface area contributed by atoms with Gasteiger partial charge in [-0.15, -0.1) is 0 Å². The fourth-order valence-electron chi connectivity index (χ4n) is 2.34. The molecule has 0 aliphatic rings. The van der Waals surface area contributed by atoms with Crippen LogP contribution in [0.3, 0.4) is 0 Å². The number of alkyl halides is 6. The molecular formula is C17H8Cl2F6N2S2. The normalized spacial score (nSPS) is 12.4.